The maximum Gasteiger partial charge on any atom is 0.171 e. The largest absolute Gasteiger partial charge is 0.509 e. The van der Waals surface area contributed by atoms with E-state index in [1.54, 1.807) is 0 Å². The van der Waals surface area contributed by atoms with Gasteiger partial charge in [0.1, 0.15) is 11.5 Å². The van der Waals surface area contributed by atoms with Gasteiger partial charge in [0.25, 0.3) is 0 Å². The molecule has 2 saturated heterocycles. The number of ether oxygens (including phenoxy) is 3. The van der Waals surface area contributed by atoms with Gasteiger partial charge in [-0.2, -0.15) is 0 Å². The first-order chi connectivity index (χ1) is 13.1. The smallest absolute Gasteiger partial charge is 0.171 e. The summed E-state index contributed by atoms with van der Waals surface area (Å²) < 4.78 is 16.7. The second-order valence-electron chi connectivity index (χ2n) is 7.94. The fourth-order valence-electron chi connectivity index (χ4n) is 3.16. The van der Waals surface area contributed by atoms with Crippen molar-refractivity contribution in [1.82, 2.24) is 0 Å². The quantitative estimate of drug-likeness (QED) is 0.213. The van der Waals surface area contributed by atoms with E-state index in [4.69, 9.17) is 14.2 Å². The second-order valence-corrected chi connectivity index (χ2v) is 7.94. The van der Waals surface area contributed by atoms with Crippen LogP contribution in [0.15, 0.2) is 23.7 Å². The summed E-state index contributed by atoms with van der Waals surface area (Å²) in [4.78, 5) is 0. The average Bonchev–Trinajstić information content (AvgIpc) is 3.57. The van der Waals surface area contributed by atoms with Gasteiger partial charge < -0.3 is 24.4 Å². The Morgan fingerprint density at radius 3 is 1.52 bits per heavy atom. The van der Waals surface area contributed by atoms with E-state index in [1.807, 2.05) is 12.2 Å². The minimum atomic E-state index is -0.680. The molecule has 2 unspecified atom stereocenters. The fourth-order valence-corrected chi connectivity index (χ4v) is 3.16. The molecule has 0 spiro atoms. The number of aliphatic hydroxyl groups excluding tert-OH is 2. The van der Waals surface area contributed by atoms with Crippen LogP contribution in [0.5, 0.6) is 0 Å². The summed E-state index contributed by atoms with van der Waals surface area (Å²) in [6, 6.07) is 0. The second kappa shape index (κ2) is 11.1. The van der Waals surface area contributed by atoms with Crippen LogP contribution in [0.3, 0.4) is 0 Å². The molecule has 0 aromatic heterocycles. The van der Waals surface area contributed by atoms with Crippen molar-refractivity contribution < 1.29 is 24.4 Å². The maximum absolute atomic E-state index is 10.3. The molecule has 2 N–H and O–H groups in total. The van der Waals surface area contributed by atoms with Gasteiger partial charge in [-0.1, -0.05) is 52.4 Å². The zero-order chi connectivity index (χ0) is 19.6. The lowest BCUT2D eigenvalue weighted by atomic mass is 10.1. The van der Waals surface area contributed by atoms with Crippen molar-refractivity contribution >= 4 is 0 Å². The third kappa shape index (κ3) is 7.13. The van der Waals surface area contributed by atoms with Crippen molar-refractivity contribution in [3.8, 4) is 0 Å². The van der Waals surface area contributed by atoms with Crippen LogP contribution in [-0.4, -0.2) is 47.8 Å². The molecule has 2 heterocycles. The maximum atomic E-state index is 10.3. The molecule has 0 radical (unpaired) electrons. The zero-order valence-corrected chi connectivity index (χ0v) is 17.2. The molecule has 5 heteroatoms. The number of aliphatic hydroxyl groups is 2. The normalized spacial score (nSPS) is 27.8. The summed E-state index contributed by atoms with van der Waals surface area (Å²) in [5.74, 6) is 0.556. The topological polar surface area (TPSA) is 74.8 Å². The van der Waals surface area contributed by atoms with Crippen LogP contribution >= 0.6 is 0 Å². The summed E-state index contributed by atoms with van der Waals surface area (Å²) >= 11 is 0. The Morgan fingerprint density at radius 2 is 1.19 bits per heavy atom. The molecule has 2 fully saturated rings. The SMILES string of the molecule is CCCCCC/C=C(\O)C1(COCC2(/C(O)=C/CCCCCC)CO2)CO1. The lowest BCUT2D eigenvalue weighted by Gasteiger charge is -2.15. The highest BCUT2D eigenvalue weighted by atomic mass is 16.7. The fraction of sp³-hybridized carbons (Fsp3) is 0.818. The highest BCUT2D eigenvalue weighted by Gasteiger charge is 2.53. The van der Waals surface area contributed by atoms with Crippen LogP contribution in [-0.2, 0) is 14.2 Å². The predicted octanol–water partition coefficient (Wildman–Crippen LogP) is 5.37. The Kier molecular flexibility index (Phi) is 9.13. The van der Waals surface area contributed by atoms with E-state index in [0.717, 1.165) is 25.7 Å². The molecular formula is C22H38O5. The number of epoxide rings is 2. The summed E-state index contributed by atoms with van der Waals surface area (Å²) in [6.07, 6.45) is 14.9. The monoisotopic (exact) mass is 382 g/mol. The third-order valence-electron chi connectivity index (χ3n) is 5.38. The summed E-state index contributed by atoms with van der Waals surface area (Å²) in [6.45, 7) is 5.92. The van der Waals surface area contributed by atoms with Crippen molar-refractivity contribution in [2.75, 3.05) is 26.4 Å². The predicted molar refractivity (Wildman–Crippen MR) is 107 cm³/mol. The Hall–Kier alpha value is -1.04. The van der Waals surface area contributed by atoms with Gasteiger partial charge in [0.05, 0.1) is 26.4 Å². The standard InChI is InChI=1S/C22H38O5/c1-3-5-7-9-11-13-19(23)21(17-26-21)15-25-16-22(18-27-22)20(24)14-12-10-8-6-4-2/h13-14,23-24H,3-12,15-18H2,1-2H3/b19-13-,20-14-. The first-order valence-corrected chi connectivity index (χ1v) is 10.7. The van der Waals surface area contributed by atoms with Crippen LogP contribution in [0, 0.1) is 0 Å². The summed E-state index contributed by atoms with van der Waals surface area (Å²) in [7, 11) is 0. The molecule has 2 aliphatic heterocycles. The van der Waals surface area contributed by atoms with E-state index >= 15 is 0 Å². The van der Waals surface area contributed by atoms with Gasteiger partial charge in [0.15, 0.2) is 11.2 Å². The van der Waals surface area contributed by atoms with Gasteiger partial charge >= 0.3 is 0 Å². The highest BCUT2D eigenvalue weighted by molar-refractivity contribution is 5.19. The molecule has 0 aromatic rings. The first-order valence-electron chi connectivity index (χ1n) is 10.7. The molecule has 0 amide bonds. The van der Waals surface area contributed by atoms with E-state index in [2.05, 4.69) is 13.8 Å². The number of rotatable bonds is 16. The first kappa shape index (κ1) is 22.3. The van der Waals surface area contributed by atoms with Crippen LogP contribution < -0.4 is 0 Å². The molecule has 5 nitrogen and oxygen atoms in total. The molecule has 2 aliphatic rings. The van der Waals surface area contributed by atoms with Crippen molar-refractivity contribution in [3.63, 3.8) is 0 Å². The molecule has 0 aromatic carbocycles. The van der Waals surface area contributed by atoms with Crippen molar-refractivity contribution in [2.24, 2.45) is 0 Å². The molecule has 27 heavy (non-hydrogen) atoms. The van der Waals surface area contributed by atoms with E-state index in [1.165, 1.54) is 38.5 Å². The lowest BCUT2D eigenvalue weighted by Crippen LogP contribution is -2.28. The minimum absolute atomic E-state index is 0.278. The molecule has 0 bridgehead atoms. The number of unbranched alkanes of at least 4 members (excludes halogenated alkanes) is 8. The molecule has 0 aliphatic carbocycles. The van der Waals surface area contributed by atoms with Crippen molar-refractivity contribution in [1.29, 1.82) is 0 Å². The van der Waals surface area contributed by atoms with Gasteiger partial charge in [0, 0.05) is 0 Å². The Labute approximate surface area is 164 Å². The average molecular weight is 383 g/mol. The number of hydrogen-bond donors (Lipinski definition) is 2. The molecule has 0 saturated carbocycles. The van der Waals surface area contributed by atoms with E-state index in [-0.39, 0.29) is 11.5 Å². The molecular weight excluding hydrogens is 344 g/mol. The molecule has 2 rings (SSSR count). The van der Waals surface area contributed by atoms with Crippen molar-refractivity contribution in [3.05, 3.63) is 23.7 Å². The van der Waals surface area contributed by atoms with E-state index < -0.39 is 11.2 Å². The van der Waals surface area contributed by atoms with Crippen LogP contribution in [0.25, 0.3) is 0 Å². The third-order valence-corrected chi connectivity index (χ3v) is 5.38. The summed E-state index contributed by atoms with van der Waals surface area (Å²) in [5.41, 5.74) is -1.36. The Bertz CT molecular complexity index is 445. The van der Waals surface area contributed by atoms with Gasteiger partial charge in [-0.05, 0) is 37.8 Å². The number of hydrogen-bond acceptors (Lipinski definition) is 5. The van der Waals surface area contributed by atoms with E-state index in [0.29, 0.717) is 26.4 Å². The van der Waals surface area contributed by atoms with E-state index in [9.17, 15) is 10.2 Å². The van der Waals surface area contributed by atoms with Gasteiger partial charge in [-0.15, -0.1) is 0 Å². The number of allylic oxidation sites excluding steroid dienone is 2. The van der Waals surface area contributed by atoms with Crippen LogP contribution in [0.2, 0.25) is 0 Å². The van der Waals surface area contributed by atoms with Crippen LogP contribution in [0.1, 0.15) is 78.1 Å². The minimum Gasteiger partial charge on any atom is -0.509 e. The highest BCUT2D eigenvalue weighted by Crippen LogP contribution is 2.38. The van der Waals surface area contributed by atoms with Crippen LogP contribution in [0.4, 0.5) is 0 Å². The van der Waals surface area contributed by atoms with Crippen molar-refractivity contribution in [2.45, 2.75) is 89.3 Å². The molecule has 156 valence electrons. The Balaban J connectivity index is 1.68. The molecule has 2 atom stereocenters. The van der Waals surface area contributed by atoms with Gasteiger partial charge in [-0.3, -0.25) is 0 Å². The summed E-state index contributed by atoms with van der Waals surface area (Å²) in [5, 5.41) is 20.6. The van der Waals surface area contributed by atoms with Gasteiger partial charge in [-0.25, -0.2) is 0 Å². The zero-order valence-electron chi connectivity index (χ0n) is 17.2. The van der Waals surface area contributed by atoms with Gasteiger partial charge in [0.2, 0.25) is 0 Å². The lowest BCUT2D eigenvalue weighted by molar-refractivity contribution is 0.0391. The Morgan fingerprint density at radius 1 is 0.778 bits per heavy atom.